The van der Waals surface area contributed by atoms with Crippen LogP contribution in [0.4, 0.5) is 17.3 Å². The monoisotopic (exact) mass is 364 g/mol. The summed E-state index contributed by atoms with van der Waals surface area (Å²) in [5.74, 6) is 1.41. The first-order valence-electron chi connectivity index (χ1n) is 9.50. The number of aryl methyl sites for hydroxylation is 1. The number of aromatic nitrogens is 2. The highest BCUT2D eigenvalue weighted by molar-refractivity contribution is 5.94. The number of carbonyl (C=O) groups excluding carboxylic acids is 1. The number of pyridine rings is 2. The van der Waals surface area contributed by atoms with E-state index < -0.39 is 0 Å². The molecule has 27 heavy (non-hydrogen) atoms. The summed E-state index contributed by atoms with van der Waals surface area (Å²) < 4.78 is 0. The van der Waals surface area contributed by atoms with Gasteiger partial charge in [0.05, 0.1) is 17.4 Å². The number of nitrogens with zero attached hydrogens (tertiary/aromatic N) is 5. The molecular formula is C20H24N6O. The van der Waals surface area contributed by atoms with Crippen LogP contribution in [0.2, 0.25) is 0 Å². The van der Waals surface area contributed by atoms with Crippen LogP contribution < -0.4 is 4.90 Å². The molecule has 1 unspecified atom stereocenters. The van der Waals surface area contributed by atoms with Gasteiger partial charge in [-0.15, -0.1) is 5.11 Å². The second-order valence-corrected chi connectivity index (χ2v) is 7.43. The SMILES string of the molecule is Cc1cc(N2c3ncc(C(=O)N4CCCCC4)cc3CC2C)cnc1N=N. The van der Waals surface area contributed by atoms with Crippen LogP contribution in [0.25, 0.3) is 0 Å². The van der Waals surface area contributed by atoms with Gasteiger partial charge in [0.1, 0.15) is 5.82 Å². The van der Waals surface area contributed by atoms with E-state index in [1.165, 1.54) is 6.42 Å². The normalized spacial score (nSPS) is 19.1. The molecule has 0 spiro atoms. The summed E-state index contributed by atoms with van der Waals surface area (Å²) in [6, 6.07) is 4.22. The fourth-order valence-corrected chi connectivity index (χ4v) is 4.06. The van der Waals surface area contributed by atoms with Gasteiger partial charge >= 0.3 is 0 Å². The Hall–Kier alpha value is -2.83. The fourth-order valence-electron chi connectivity index (χ4n) is 4.06. The van der Waals surface area contributed by atoms with Crippen molar-refractivity contribution in [2.45, 2.75) is 45.6 Å². The molecule has 0 radical (unpaired) electrons. The van der Waals surface area contributed by atoms with Gasteiger partial charge in [0.25, 0.3) is 5.91 Å². The van der Waals surface area contributed by atoms with Crippen LogP contribution in [0.1, 0.15) is 47.7 Å². The molecule has 1 amide bonds. The number of nitrogens with one attached hydrogen (secondary N) is 1. The molecule has 1 atom stereocenters. The molecule has 1 fully saturated rings. The van der Waals surface area contributed by atoms with E-state index in [4.69, 9.17) is 5.53 Å². The maximum absolute atomic E-state index is 12.8. The Balaban J connectivity index is 1.63. The lowest BCUT2D eigenvalue weighted by atomic mass is 10.1. The summed E-state index contributed by atoms with van der Waals surface area (Å²) >= 11 is 0. The predicted octanol–water partition coefficient (Wildman–Crippen LogP) is 4.16. The van der Waals surface area contributed by atoms with Gasteiger partial charge in [-0.1, -0.05) is 0 Å². The lowest BCUT2D eigenvalue weighted by Crippen LogP contribution is -2.35. The minimum atomic E-state index is 0.0926. The lowest BCUT2D eigenvalue weighted by molar-refractivity contribution is 0.0724. The molecular weight excluding hydrogens is 340 g/mol. The zero-order valence-corrected chi connectivity index (χ0v) is 15.8. The van der Waals surface area contributed by atoms with Crippen molar-refractivity contribution in [3.05, 3.63) is 41.2 Å². The van der Waals surface area contributed by atoms with Crippen molar-refractivity contribution in [3.8, 4) is 0 Å². The number of piperidine rings is 1. The van der Waals surface area contributed by atoms with Crippen LogP contribution in [0, 0.1) is 12.5 Å². The first-order valence-corrected chi connectivity index (χ1v) is 9.50. The molecule has 4 rings (SSSR count). The van der Waals surface area contributed by atoms with E-state index >= 15 is 0 Å². The van der Waals surface area contributed by atoms with Gasteiger partial charge in [0.15, 0.2) is 5.82 Å². The third-order valence-corrected chi connectivity index (χ3v) is 5.44. The molecule has 1 N–H and O–H groups in total. The Labute approximate surface area is 158 Å². The number of carbonyl (C=O) groups is 1. The number of anilines is 2. The van der Waals surface area contributed by atoms with E-state index in [1.807, 2.05) is 24.0 Å². The van der Waals surface area contributed by atoms with Crippen LogP contribution >= 0.6 is 0 Å². The van der Waals surface area contributed by atoms with Gasteiger partial charge in [-0.05, 0) is 62.8 Å². The highest BCUT2D eigenvalue weighted by atomic mass is 16.2. The first-order chi connectivity index (χ1) is 13.1. The van der Waals surface area contributed by atoms with E-state index in [2.05, 4.69) is 26.9 Å². The van der Waals surface area contributed by atoms with Crippen molar-refractivity contribution in [2.24, 2.45) is 5.11 Å². The van der Waals surface area contributed by atoms with Gasteiger partial charge in [-0.2, -0.15) is 0 Å². The third-order valence-electron chi connectivity index (χ3n) is 5.44. The molecule has 140 valence electrons. The zero-order chi connectivity index (χ0) is 19.0. The van der Waals surface area contributed by atoms with E-state index in [-0.39, 0.29) is 11.9 Å². The molecule has 2 aliphatic rings. The molecule has 0 aliphatic carbocycles. The van der Waals surface area contributed by atoms with E-state index in [0.717, 1.165) is 55.0 Å². The predicted molar refractivity (Wildman–Crippen MR) is 103 cm³/mol. The second-order valence-electron chi connectivity index (χ2n) is 7.43. The number of hydrogen-bond donors (Lipinski definition) is 1. The topological polar surface area (TPSA) is 85.5 Å². The molecule has 7 heteroatoms. The van der Waals surface area contributed by atoms with Crippen molar-refractivity contribution < 1.29 is 4.79 Å². The maximum Gasteiger partial charge on any atom is 0.255 e. The van der Waals surface area contributed by atoms with Gasteiger partial charge < -0.3 is 9.80 Å². The van der Waals surface area contributed by atoms with Crippen LogP contribution in [0.15, 0.2) is 29.6 Å². The van der Waals surface area contributed by atoms with E-state index in [1.54, 1.807) is 12.4 Å². The van der Waals surface area contributed by atoms with Crippen molar-refractivity contribution >= 4 is 23.2 Å². The lowest BCUT2D eigenvalue weighted by Gasteiger charge is -2.27. The number of likely N-dealkylation sites (tertiary alicyclic amines) is 1. The molecule has 4 heterocycles. The summed E-state index contributed by atoms with van der Waals surface area (Å²) in [6.07, 6.45) is 7.66. The first kappa shape index (κ1) is 17.6. The highest BCUT2D eigenvalue weighted by Gasteiger charge is 2.30. The Morgan fingerprint density at radius 3 is 2.67 bits per heavy atom. The van der Waals surface area contributed by atoms with Gasteiger partial charge in [-0.25, -0.2) is 15.5 Å². The molecule has 2 aromatic rings. The van der Waals surface area contributed by atoms with Crippen molar-refractivity contribution in [3.63, 3.8) is 0 Å². The summed E-state index contributed by atoms with van der Waals surface area (Å²) in [5, 5.41) is 3.44. The van der Waals surface area contributed by atoms with Crippen LogP contribution in [-0.4, -0.2) is 39.9 Å². The smallest absolute Gasteiger partial charge is 0.255 e. The third kappa shape index (κ3) is 3.18. The summed E-state index contributed by atoms with van der Waals surface area (Å²) in [4.78, 5) is 25.8. The Morgan fingerprint density at radius 1 is 1.19 bits per heavy atom. The maximum atomic E-state index is 12.8. The minimum absolute atomic E-state index is 0.0926. The summed E-state index contributed by atoms with van der Waals surface area (Å²) in [7, 11) is 0. The molecule has 2 aromatic heterocycles. The van der Waals surface area contributed by atoms with Crippen molar-refractivity contribution in [2.75, 3.05) is 18.0 Å². The largest absolute Gasteiger partial charge is 0.339 e. The molecule has 0 aromatic carbocycles. The van der Waals surface area contributed by atoms with Gasteiger partial charge in [0.2, 0.25) is 0 Å². The summed E-state index contributed by atoms with van der Waals surface area (Å²) in [6.45, 7) is 5.73. The van der Waals surface area contributed by atoms with Crippen LogP contribution in [-0.2, 0) is 6.42 Å². The standard InChI is InChI=1S/C20H24N6O/c1-13-8-17(12-22-18(13)24-21)26-14(2)9-15-10-16(11-23-19(15)26)20(27)25-6-4-3-5-7-25/h8,10-12,14,21H,3-7,9H2,1-2H3. The van der Waals surface area contributed by atoms with Crippen LogP contribution in [0.3, 0.4) is 0 Å². The van der Waals surface area contributed by atoms with Crippen LogP contribution in [0.5, 0.6) is 0 Å². The average Bonchev–Trinajstić information content (AvgIpc) is 3.02. The van der Waals surface area contributed by atoms with Gasteiger partial charge in [0, 0.05) is 25.3 Å². The number of hydrogen-bond acceptors (Lipinski definition) is 6. The molecule has 2 aliphatic heterocycles. The molecule has 0 saturated carbocycles. The second kappa shape index (κ2) is 7.06. The Morgan fingerprint density at radius 2 is 1.96 bits per heavy atom. The van der Waals surface area contributed by atoms with E-state index in [9.17, 15) is 4.79 Å². The average molecular weight is 364 g/mol. The summed E-state index contributed by atoms with van der Waals surface area (Å²) in [5.41, 5.74) is 10.7. The number of amides is 1. The Bertz CT molecular complexity index is 890. The van der Waals surface area contributed by atoms with Gasteiger partial charge in [-0.3, -0.25) is 4.79 Å². The number of fused-ring (bicyclic) bond motifs is 1. The van der Waals surface area contributed by atoms with Crippen molar-refractivity contribution in [1.29, 1.82) is 5.53 Å². The fraction of sp³-hybridized carbons (Fsp3) is 0.450. The number of rotatable bonds is 3. The van der Waals surface area contributed by atoms with E-state index in [0.29, 0.717) is 11.4 Å². The molecule has 1 saturated heterocycles. The molecule has 0 bridgehead atoms. The van der Waals surface area contributed by atoms with Crippen molar-refractivity contribution in [1.82, 2.24) is 14.9 Å². The zero-order valence-electron chi connectivity index (χ0n) is 15.8. The minimum Gasteiger partial charge on any atom is -0.339 e. The quantitative estimate of drug-likeness (QED) is 0.829. The Kier molecular flexibility index (Phi) is 4.59. The highest BCUT2D eigenvalue weighted by Crippen LogP contribution is 2.38. The molecule has 7 nitrogen and oxygen atoms in total.